The number of hydrogen-bond donors (Lipinski definition) is 2. The zero-order valence-electron chi connectivity index (χ0n) is 20.7. The summed E-state index contributed by atoms with van der Waals surface area (Å²) < 4.78 is 7.96. The number of ketones is 1. The Balaban J connectivity index is 1.62. The lowest BCUT2D eigenvalue weighted by atomic mass is 9.95. The number of aromatic nitrogens is 2. The first kappa shape index (κ1) is 24.7. The van der Waals surface area contributed by atoms with Gasteiger partial charge in [-0.1, -0.05) is 32.5 Å². The molecule has 0 aromatic carbocycles. The molecule has 0 radical (unpaired) electrons. The summed E-state index contributed by atoms with van der Waals surface area (Å²) in [6.45, 7) is 9.06. The zero-order valence-corrected chi connectivity index (χ0v) is 21.7. The SMILES string of the molecule is C[Si](C)(C)CCOCn1cc(C(=O)C2CCCC2)c2c(N[C@@H]3CCCN(C(=O)O)C3)ccnc21. The number of fused-ring (bicyclic) bond motifs is 1. The van der Waals surface area contributed by atoms with Crippen LogP contribution < -0.4 is 5.32 Å². The molecule has 0 bridgehead atoms. The Labute approximate surface area is 202 Å². The minimum atomic E-state index is -1.19. The maximum atomic E-state index is 13.5. The molecule has 3 heterocycles. The zero-order chi connectivity index (χ0) is 24.3. The summed E-state index contributed by atoms with van der Waals surface area (Å²) in [5, 5.41) is 13.8. The van der Waals surface area contributed by atoms with Crippen molar-refractivity contribution in [2.45, 2.75) is 77.0 Å². The Hall–Kier alpha value is -2.39. The Morgan fingerprint density at radius 3 is 2.68 bits per heavy atom. The van der Waals surface area contributed by atoms with Crippen LogP contribution >= 0.6 is 0 Å². The highest BCUT2D eigenvalue weighted by Gasteiger charge is 2.29. The molecule has 0 spiro atoms. The highest BCUT2D eigenvalue weighted by atomic mass is 28.3. The number of hydrogen-bond acceptors (Lipinski definition) is 5. The molecule has 1 amide bonds. The fourth-order valence-corrected chi connectivity index (χ4v) is 5.82. The predicted molar refractivity (Wildman–Crippen MR) is 136 cm³/mol. The first-order chi connectivity index (χ1) is 16.2. The molecule has 1 aliphatic heterocycles. The standard InChI is InChI=1S/C25H38N4O4Si/c1-34(2,3)14-13-33-17-29-16-20(23(30)18-7-4-5-8-18)22-21(10-11-26-24(22)29)27-19-9-6-12-28(15-19)25(31)32/h10-11,16,18-19H,4-9,12-15,17H2,1-3H3,(H,26,27)(H,31,32)/t19-/m1/s1. The molecule has 1 saturated carbocycles. The maximum Gasteiger partial charge on any atom is 0.407 e. The molecule has 1 aliphatic carbocycles. The van der Waals surface area contributed by atoms with Crippen molar-refractivity contribution in [3.63, 3.8) is 0 Å². The minimum Gasteiger partial charge on any atom is -0.465 e. The van der Waals surface area contributed by atoms with Crippen LogP contribution in [0.2, 0.25) is 25.7 Å². The Morgan fingerprint density at radius 2 is 1.97 bits per heavy atom. The summed E-state index contributed by atoms with van der Waals surface area (Å²) in [6.07, 6.45) is 8.58. The van der Waals surface area contributed by atoms with Crippen LogP contribution in [-0.4, -0.2) is 65.2 Å². The number of anilines is 1. The van der Waals surface area contributed by atoms with Gasteiger partial charge in [0.15, 0.2) is 5.78 Å². The second-order valence-electron chi connectivity index (χ2n) is 11.0. The van der Waals surface area contributed by atoms with Crippen molar-refractivity contribution in [2.24, 2.45) is 5.92 Å². The number of piperidine rings is 1. The van der Waals surface area contributed by atoms with Crippen molar-refractivity contribution in [3.05, 3.63) is 24.0 Å². The maximum absolute atomic E-state index is 13.5. The number of carboxylic acid groups (broad SMARTS) is 1. The van der Waals surface area contributed by atoms with Crippen LogP contribution in [0.15, 0.2) is 18.5 Å². The minimum absolute atomic E-state index is 0.00114. The average molecular weight is 487 g/mol. The summed E-state index contributed by atoms with van der Waals surface area (Å²) in [5.74, 6) is 0.257. The number of ether oxygens (including phenoxy) is 1. The summed E-state index contributed by atoms with van der Waals surface area (Å²) in [6, 6.07) is 2.99. The van der Waals surface area contributed by atoms with Gasteiger partial charge in [-0.2, -0.15) is 0 Å². The molecule has 2 aliphatic rings. The van der Waals surface area contributed by atoms with Crippen molar-refractivity contribution >= 4 is 36.7 Å². The topological polar surface area (TPSA) is 96.7 Å². The molecule has 1 saturated heterocycles. The average Bonchev–Trinajstić information content (AvgIpc) is 3.45. The van der Waals surface area contributed by atoms with Crippen molar-refractivity contribution < 1.29 is 19.4 Å². The lowest BCUT2D eigenvalue weighted by molar-refractivity contribution is 0.0886. The van der Waals surface area contributed by atoms with Crippen LogP contribution in [0.4, 0.5) is 10.5 Å². The van der Waals surface area contributed by atoms with Gasteiger partial charge in [0, 0.05) is 63.4 Å². The van der Waals surface area contributed by atoms with Gasteiger partial charge in [-0.05, 0) is 37.8 Å². The molecule has 34 heavy (non-hydrogen) atoms. The fraction of sp³-hybridized carbons (Fsp3) is 0.640. The van der Waals surface area contributed by atoms with Crippen LogP contribution in [0.3, 0.4) is 0 Å². The number of pyridine rings is 1. The highest BCUT2D eigenvalue weighted by molar-refractivity contribution is 6.76. The van der Waals surface area contributed by atoms with E-state index >= 15 is 0 Å². The molecule has 2 aromatic rings. The normalized spacial score (nSPS) is 19.6. The molecule has 0 unspecified atom stereocenters. The summed E-state index contributed by atoms with van der Waals surface area (Å²) in [7, 11) is -1.19. The smallest absolute Gasteiger partial charge is 0.407 e. The number of carbonyl (C=O) groups excluding carboxylic acids is 1. The van der Waals surface area contributed by atoms with Gasteiger partial charge in [0.25, 0.3) is 0 Å². The van der Waals surface area contributed by atoms with E-state index in [1.54, 1.807) is 6.20 Å². The van der Waals surface area contributed by atoms with E-state index in [1.165, 1.54) is 4.90 Å². The molecule has 186 valence electrons. The van der Waals surface area contributed by atoms with E-state index in [4.69, 9.17) is 4.74 Å². The van der Waals surface area contributed by atoms with E-state index in [0.717, 1.165) is 61.3 Å². The Bertz CT molecular complexity index is 1030. The summed E-state index contributed by atoms with van der Waals surface area (Å²) >= 11 is 0. The van der Waals surface area contributed by atoms with Gasteiger partial charge in [0.1, 0.15) is 12.4 Å². The molecule has 4 rings (SSSR count). The molecule has 2 fully saturated rings. The number of carbonyl (C=O) groups is 2. The van der Waals surface area contributed by atoms with Gasteiger partial charge in [-0.3, -0.25) is 4.79 Å². The van der Waals surface area contributed by atoms with Crippen molar-refractivity contribution in [1.29, 1.82) is 0 Å². The van der Waals surface area contributed by atoms with Crippen molar-refractivity contribution in [2.75, 3.05) is 25.0 Å². The van der Waals surface area contributed by atoms with E-state index in [-0.39, 0.29) is 17.7 Å². The first-order valence-electron chi connectivity index (χ1n) is 12.6. The van der Waals surface area contributed by atoms with Gasteiger partial charge in [-0.25, -0.2) is 9.78 Å². The molecule has 2 N–H and O–H groups in total. The van der Waals surface area contributed by atoms with Crippen molar-refractivity contribution in [3.8, 4) is 0 Å². The van der Waals surface area contributed by atoms with Crippen molar-refractivity contribution in [1.82, 2.24) is 14.5 Å². The first-order valence-corrected chi connectivity index (χ1v) is 16.3. The molecule has 9 heteroatoms. The van der Waals surface area contributed by atoms with Crippen LogP contribution in [0, 0.1) is 5.92 Å². The van der Waals surface area contributed by atoms with Gasteiger partial charge < -0.3 is 24.6 Å². The quantitative estimate of drug-likeness (QED) is 0.284. The molecule has 2 aromatic heterocycles. The molecule has 1 atom stereocenters. The van der Waals surface area contributed by atoms with Gasteiger partial charge in [0.2, 0.25) is 0 Å². The number of Topliss-reactive ketones (excluding diaryl/α,β-unsaturated/α-hetero) is 1. The Kier molecular flexibility index (Phi) is 7.62. The molecular weight excluding hydrogens is 448 g/mol. The van der Waals surface area contributed by atoms with Crippen LogP contribution in [0.1, 0.15) is 48.9 Å². The molecule has 8 nitrogen and oxygen atoms in total. The second-order valence-corrected chi connectivity index (χ2v) is 16.6. The van der Waals surface area contributed by atoms with Crippen LogP contribution in [0.25, 0.3) is 11.0 Å². The largest absolute Gasteiger partial charge is 0.465 e. The van der Waals surface area contributed by atoms with Crippen LogP contribution in [0.5, 0.6) is 0 Å². The number of nitrogens with one attached hydrogen (secondary N) is 1. The third kappa shape index (κ3) is 5.80. The number of rotatable bonds is 9. The lowest BCUT2D eigenvalue weighted by Gasteiger charge is -2.32. The third-order valence-electron chi connectivity index (χ3n) is 7.03. The monoisotopic (exact) mass is 486 g/mol. The van der Waals surface area contributed by atoms with E-state index < -0.39 is 14.2 Å². The van der Waals surface area contributed by atoms with Gasteiger partial charge in [0.05, 0.1) is 5.39 Å². The molecular formula is C25H38N4O4Si. The second kappa shape index (κ2) is 10.5. The lowest BCUT2D eigenvalue weighted by Crippen LogP contribution is -2.44. The number of likely N-dealkylation sites (tertiary alicyclic amines) is 1. The number of nitrogens with zero attached hydrogens (tertiary/aromatic N) is 3. The van der Waals surface area contributed by atoms with Gasteiger partial charge in [-0.15, -0.1) is 0 Å². The third-order valence-corrected chi connectivity index (χ3v) is 8.73. The van der Waals surface area contributed by atoms with E-state index in [0.29, 0.717) is 32.0 Å². The Morgan fingerprint density at radius 1 is 1.21 bits per heavy atom. The van der Waals surface area contributed by atoms with E-state index in [2.05, 4.69) is 29.9 Å². The fourth-order valence-electron chi connectivity index (χ4n) is 5.06. The van der Waals surface area contributed by atoms with Crippen LogP contribution in [-0.2, 0) is 11.5 Å². The van der Waals surface area contributed by atoms with Gasteiger partial charge >= 0.3 is 6.09 Å². The summed E-state index contributed by atoms with van der Waals surface area (Å²) in [4.78, 5) is 31.1. The highest BCUT2D eigenvalue weighted by Crippen LogP contribution is 2.34. The van der Waals surface area contributed by atoms with E-state index in [1.807, 2.05) is 16.8 Å². The predicted octanol–water partition coefficient (Wildman–Crippen LogP) is 5.28. The number of amides is 1. The van der Waals surface area contributed by atoms with E-state index in [9.17, 15) is 14.7 Å². The summed E-state index contributed by atoms with van der Waals surface area (Å²) in [5.41, 5.74) is 2.30.